The molecule has 0 amide bonds. The van der Waals surface area contributed by atoms with Crippen LogP contribution in [0.5, 0.6) is 0 Å². The summed E-state index contributed by atoms with van der Waals surface area (Å²) in [5, 5.41) is 2.81. The molecular weight excluding hydrogens is 245 g/mol. The van der Waals surface area contributed by atoms with Crippen LogP contribution in [-0.4, -0.2) is 30.0 Å². The fourth-order valence-corrected chi connectivity index (χ4v) is 2.16. The average molecular weight is 260 g/mol. The third-order valence-electron chi connectivity index (χ3n) is 3.19. The molecule has 1 saturated heterocycles. The van der Waals surface area contributed by atoms with Gasteiger partial charge in [0, 0.05) is 19.3 Å². The van der Waals surface area contributed by atoms with Gasteiger partial charge in [-0.25, -0.2) is 4.99 Å². The normalized spacial score (nSPS) is 22.4. The van der Waals surface area contributed by atoms with Crippen LogP contribution < -0.4 is 11.1 Å². The van der Waals surface area contributed by atoms with E-state index in [4.69, 9.17) is 5.73 Å². The molecule has 0 unspecified atom stereocenters. The zero-order chi connectivity index (χ0) is 13.3. The van der Waals surface area contributed by atoms with Crippen molar-refractivity contribution in [1.82, 2.24) is 10.2 Å². The van der Waals surface area contributed by atoms with Crippen LogP contribution in [0.1, 0.15) is 12.8 Å². The molecule has 100 valence electrons. The van der Waals surface area contributed by atoms with E-state index in [1.165, 1.54) is 0 Å². The second-order valence-electron chi connectivity index (χ2n) is 4.42. The number of alkyl halides is 3. The molecule has 2 aliphatic rings. The topological polar surface area (TPSA) is 53.6 Å². The zero-order valence-corrected chi connectivity index (χ0v) is 9.80. The van der Waals surface area contributed by atoms with Crippen LogP contribution in [0.3, 0.4) is 0 Å². The fraction of sp³-hybridized carbons (Fsp3) is 0.545. The summed E-state index contributed by atoms with van der Waals surface area (Å²) in [5.41, 5.74) is 6.38. The molecule has 0 saturated carbocycles. The maximum atomic E-state index is 12.5. The smallest absolute Gasteiger partial charge is 0.382 e. The quantitative estimate of drug-likeness (QED) is 0.752. The van der Waals surface area contributed by atoms with Crippen molar-refractivity contribution >= 4 is 5.84 Å². The SMILES string of the molecule is C=C1N=C(N)C(N2CCC(C(F)(F)F)CC2)=CN1. The van der Waals surface area contributed by atoms with Gasteiger partial charge in [-0.2, -0.15) is 13.2 Å². The van der Waals surface area contributed by atoms with Gasteiger partial charge in [0.15, 0.2) is 5.84 Å². The van der Waals surface area contributed by atoms with Gasteiger partial charge in [0.05, 0.1) is 11.6 Å². The van der Waals surface area contributed by atoms with E-state index in [-0.39, 0.29) is 12.8 Å². The standard InChI is InChI=1S/C11H15F3N4/c1-7-16-6-9(10(15)17-7)18-4-2-8(3-5-18)11(12,13)14/h6,8,16H,1-5H2,(H2,15,17). The van der Waals surface area contributed by atoms with Crippen LogP contribution in [-0.2, 0) is 0 Å². The predicted molar refractivity (Wildman–Crippen MR) is 62.3 cm³/mol. The van der Waals surface area contributed by atoms with E-state index in [0.29, 0.717) is 30.4 Å². The van der Waals surface area contributed by atoms with Gasteiger partial charge in [-0.15, -0.1) is 0 Å². The Morgan fingerprint density at radius 1 is 1.39 bits per heavy atom. The van der Waals surface area contributed by atoms with Gasteiger partial charge in [-0.1, -0.05) is 6.58 Å². The molecule has 18 heavy (non-hydrogen) atoms. The minimum Gasteiger partial charge on any atom is -0.382 e. The van der Waals surface area contributed by atoms with Gasteiger partial charge in [-0.05, 0) is 12.8 Å². The van der Waals surface area contributed by atoms with Crippen LogP contribution in [0.25, 0.3) is 0 Å². The third kappa shape index (κ3) is 2.60. The summed E-state index contributed by atoms with van der Waals surface area (Å²) < 4.78 is 37.6. The van der Waals surface area contributed by atoms with Crippen molar-refractivity contribution < 1.29 is 13.2 Å². The number of rotatable bonds is 1. The average Bonchev–Trinajstić information content (AvgIpc) is 2.28. The Kier molecular flexibility index (Phi) is 3.23. The minimum absolute atomic E-state index is 0.0923. The summed E-state index contributed by atoms with van der Waals surface area (Å²) in [6.45, 7) is 4.27. The molecule has 0 bridgehead atoms. The molecule has 0 atom stereocenters. The number of nitrogens with one attached hydrogen (secondary N) is 1. The first kappa shape index (κ1) is 12.8. The highest BCUT2D eigenvalue weighted by Crippen LogP contribution is 2.34. The number of amidine groups is 1. The monoisotopic (exact) mass is 260 g/mol. The number of piperidine rings is 1. The molecule has 4 nitrogen and oxygen atoms in total. The Morgan fingerprint density at radius 2 is 2.00 bits per heavy atom. The van der Waals surface area contributed by atoms with Crippen LogP contribution in [0.4, 0.5) is 13.2 Å². The lowest BCUT2D eigenvalue weighted by molar-refractivity contribution is -0.183. The minimum atomic E-state index is -4.10. The fourth-order valence-electron chi connectivity index (χ4n) is 2.16. The molecule has 0 aromatic heterocycles. The maximum absolute atomic E-state index is 12.5. The highest BCUT2D eigenvalue weighted by atomic mass is 19.4. The summed E-state index contributed by atoms with van der Waals surface area (Å²) in [6.07, 6.45) is -2.28. The molecule has 7 heteroatoms. The number of halogens is 3. The molecule has 2 aliphatic heterocycles. The largest absolute Gasteiger partial charge is 0.391 e. The molecule has 1 fully saturated rings. The Balaban J connectivity index is 1.99. The summed E-state index contributed by atoms with van der Waals surface area (Å²) in [5.74, 6) is -0.482. The Bertz CT molecular complexity index is 403. The lowest BCUT2D eigenvalue weighted by Gasteiger charge is -2.36. The number of likely N-dealkylation sites (tertiary alicyclic amines) is 1. The van der Waals surface area contributed by atoms with Crippen LogP contribution in [0.15, 0.2) is 29.3 Å². The first-order valence-corrected chi connectivity index (χ1v) is 5.69. The molecule has 0 aromatic rings. The molecule has 0 radical (unpaired) electrons. The van der Waals surface area contributed by atoms with E-state index in [1.54, 1.807) is 6.20 Å². The predicted octanol–water partition coefficient (Wildman–Crippen LogP) is 1.53. The van der Waals surface area contributed by atoms with Gasteiger partial charge in [0.25, 0.3) is 0 Å². The van der Waals surface area contributed by atoms with Crippen molar-refractivity contribution in [2.45, 2.75) is 19.0 Å². The van der Waals surface area contributed by atoms with E-state index in [0.717, 1.165) is 0 Å². The van der Waals surface area contributed by atoms with Crippen LogP contribution in [0, 0.1) is 5.92 Å². The second-order valence-corrected chi connectivity index (χ2v) is 4.42. The third-order valence-corrected chi connectivity index (χ3v) is 3.19. The van der Waals surface area contributed by atoms with Gasteiger partial charge >= 0.3 is 6.18 Å². The van der Waals surface area contributed by atoms with Crippen molar-refractivity contribution in [3.63, 3.8) is 0 Å². The van der Waals surface area contributed by atoms with E-state index in [9.17, 15) is 13.2 Å². The Labute approximate surface area is 103 Å². The van der Waals surface area contributed by atoms with E-state index in [2.05, 4.69) is 16.9 Å². The van der Waals surface area contributed by atoms with Crippen molar-refractivity contribution in [3.8, 4) is 0 Å². The highest BCUT2D eigenvalue weighted by molar-refractivity contribution is 5.97. The first-order chi connectivity index (χ1) is 8.38. The van der Waals surface area contributed by atoms with Crippen LogP contribution in [0.2, 0.25) is 0 Å². The molecule has 3 N–H and O–H groups in total. The summed E-state index contributed by atoms with van der Waals surface area (Å²) >= 11 is 0. The van der Waals surface area contributed by atoms with Crippen molar-refractivity contribution in [3.05, 3.63) is 24.3 Å². The van der Waals surface area contributed by atoms with E-state index < -0.39 is 12.1 Å². The number of hydrogen-bond donors (Lipinski definition) is 2. The number of aliphatic imine (C=N–C) groups is 1. The summed E-state index contributed by atoms with van der Waals surface area (Å²) in [7, 11) is 0. The number of hydrogen-bond acceptors (Lipinski definition) is 4. The molecule has 2 heterocycles. The Morgan fingerprint density at radius 3 is 2.50 bits per heavy atom. The highest BCUT2D eigenvalue weighted by Gasteiger charge is 2.41. The Hall–Kier alpha value is -1.66. The molecule has 0 aromatic carbocycles. The van der Waals surface area contributed by atoms with E-state index >= 15 is 0 Å². The van der Waals surface area contributed by atoms with Gasteiger partial charge in [0.2, 0.25) is 0 Å². The zero-order valence-electron chi connectivity index (χ0n) is 9.80. The van der Waals surface area contributed by atoms with Crippen molar-refractivity contribution in [1.29, 1.82) is 0 Å². The van der Waals surface area contributed by atoms with Gasteiger partial charge in [0.1, 0.15) is 5.82 Å². The number of nitrogens with zero attached hydrogens (tertiary/aromatic N) is 2. The lowest BCUT2D eigenvalue weighted by atomic mass is 9.96. The molecule has 0 aliphatic carbocycles. The molecular formula is C11H15F3N4. The second kappa shape index (κ2) is 4.55. The lowest BCUT2D eigenvalue weighted by Crippen LogP contribution is -2.42. The van der Waals surface area contributed by atoms with Crippen LogP contribution >= 0.6 is 0 Å². The molecule has 2 rings (SSSR count). The van der Waals surface area contributed by atoms with Gasteiger partial charge in [-0.3, -0.25) is 0 Å². The summed E-state index contributed by atoms with van der Waals surface area (Å²) in [6, 6.07) is 0. The number of nitrogens with two attached hydrogens (primary N) is 1. The van der Waals surface area contributed by atoms with Crippen molar-refractivity contribution in [2.75, 3.05) is 13.1 Å². The van der Waals surface area contributed by atoms with Gasteiger partial charge < -0.3 is 16.0 Å². The molecule has 0 spiro atoms. The van der Waals surface area contributed by atoms with E-state index in [1.807, 2.05) is 4.90 Å². The summed E-state index contributed by atoms with van der Waals surface area (Å²) in [4.78, 5) is 5.78. The first-order valence-electron chi connectivity index (χ1n) is 5.69. The van der Waals surface area contributed by atoms with Crippen molar-refractivity contribution in [2.24, 2.45) is 16.6 Å². The maximum Gasteiger partial charge on any atom is 0.391 e.